The van der Waals surface area contributed by atoms with Gasteiger partial charge in [-0.25, -0.2) is 4.98 Å². The summed E-state index contributed by atoms with van der Waals surface area (Å²) < 4.78 is 0. The van der Waals surface area contributed by atoms with Crippen molar-refractivity contribution in [3.8, 4) is 11.3 Å². The summed E-state index contributed by atoms with van der Waals surface area (Å²) in [6, 6.07) is 8.22. The van der Waals surface area contributed by atoms with Crippen LogP contribution in [0.4, 0.5) is 5.69 Å². The smallest absolute Gasteiger partial charge is 0.238 e. The largest absolute Gasteiger partial charge is 0.325 e. The molecule has 0 saturated carbocycles. The maximum absolute atomic E-state index is 12.4. The first-order valence-electron chi connectivity index (χ1n) is 8.41. The SMILES string of the molecule is Cc1nc(-c2cccc(NC(=O)CN(CC(C)C)C(C)C)c2)cs1. The first-order chi connectivity index (χ1) is 11.3. The van der Waals surface area contributed by atoms with E-state index in [0.717, 1.165) is 28.5 Å². The van der Waals surface area contributed by atoms with Crippen LogP contribution < -0.4 is 5.32 Å². The minimum absolute atomic E-state index is 0.0240. The van der Waals surface area contributed by atoms with Crippen molar-refractivity contribution >= 4 is 22.9 Å². The highest BCUT2D eigenvalue weighted by atomic mass is 32.1. The number of amides is 1. The second-order valence-electron chi connectivity index (χ2n) is 6.80. The maximum Gasteiger partial charge on any atom is 0.238 e. The Labute approximate surface area is 148 Å². The van der Waals surface area contributed by atoms with E-state index in [0.29, 0.717) is 18.5 Å². The van der Waals surface area contributed by atoms with Gasteiger partial charge in [0.1, 0.15) is 0 Å². The van der Waals surface area contributed by atoms with E-state index in [4.69, 9.17) is 0 Å². The minimum Gasteiger partial charge on any atom is -0.325 e. The fourth-order valence-electron chi connectivity index (χ4n) is 2.56. The Hall–Kier alpha value is -1.72. The van der Waals surface area contributed by atoms with Gasteiger partial charge in [-0.15, -0.1) is 11.3 Å². The molecule has 0 aliphatic heterocycles. The number of benzene rings is 1. The lowest BCUT2D eigenvalue weighted by Crippen LogP contribution is -2.40. The molecule has 0 aliphatic rings. The maximum atomic E-state index is 12.4. The Morgan fingerprint density at radius 1 is 1.29 bits per heavy atom. The van der Waals surface area contributed by atoms with Gasteiger partial charge in [-0.05, 0) is 38.8 Å². The van der Waals surface area contributed by atoms with Crippen LogP contribution >= 0.6 is 11.3 Å². The van der Waals surface area contributed by atoms with Crippen molar-refractivity contribution in [2.24, 2.45) is 5.92 Å². The van der Waals surface area contributed by atoms with E-state index >= 15 is 0 Å². The molecule has 0 bridgehead atoms. The fraction of sp³-hybridized carbons (Fsp3) is 0.474. The third kappa shape index (κ3) is 5.42. The van der Waals surface area contributed by atoms with Crippen LogP contribution in [0.15, 0.2) is 29.6 Å². The molecule has 0 saturated heterocycles. The third-order valence-corrected chi connectivity index (χ3v) is 4.51. The molecule has 2 aromatic rings. The van der Waals surface area contributed by atoms with Crippen molar-refractivity contribution in [2.45, 2.75) is 40.7 Å². The number of hydrogen-bond donors (Lipinski definition) is 1. The Kier molecular flexibility index (Phi) is 6.52. The molecular weight excluding hydrogens is 318 g/mol. The van der Waals surface area contributed by atoms with Gasteiger partial charge in [0.2, 0.25) is 5.91 Å². The molecule has 1 amide bonds. The van der Waals surface area contributed by atoms with Gasteiger partial charge in [0.15, 0.2) is 0 Å². The molecule has 130 valence electrons. The fourth-order valence-corrected chi connectivity index (χ4v) is 3.19. The van der Waals surface area contributed by atoms with Crippen molar-refractivity contribution in [1.82, 2.24) is 9.88 Å². The van der Waals surface area contributed by atoms with Crippen LogP contribution in [-0.2, 0) is 4.79 Å². The highest BCUT2D eigenvalue weighted by Crippen LogP contribution is 2.24. The van der Waals surface area contributed by atoms with Gasteiger partial charge >= 0.3 is 0 Å². The topological polar surface area (TPSA) is 45.2 Å². The summed E-state index contributed by atoms with van der Waals surface area (Å²) in [5.74, 6) is 0.562. The quantitative estimate of drug-likeness (QED) is 0.808. The molecule has 0 spiro atoms. The first kappa shape index (κ1) is 18.6. The normalized spacial score (nSPS) is 11.5. The molecule has 0 aliphatic carbocycles. The lowest BCUT2D eigenvalue weighted by molar-refractivity contribution is -0.117. The number of aryl methyl sites for hydroxylation is 1. The average Bonchev–Trinajstić information content (AvgIpc) is 2.93. The van der Waals surface area contributed by atoms with Crippen molar-refractivity contribution in [3.63, 3.8) is 0 Å². The van der Waals surface area contributed by atoms with Gasteiger partial charge in [0, 0.05) is 29.2 Å². The summed E-state index contributed by atoms with van der Waals surface area (Å²) in [5.41, 5.74) is 2.80. The summed E-state index contributed by atoms with van der Waals surface area (Å²) in [6.45, 7) is 11.9. The van der Waals surface area contributed by atoms with Crippen LogP contribution in [0.1, 0.15) is 32.7 Å². The number of hydrogen-bond acceptors (Lipinski definition) is 4. The van der Waals surface area contributed by atoms with E-state index in [1.54, 1.807) is 11.3 Å². The monoisotopic (exact) mass is 345 g/mol. The van der Waals surface area contributed by atoms with E-state index in [1.807, 2.05) is 36.6 Å². The van der Waals surface area contributed by atoms with E-state index in [2.05, 4.69) is 42.9 Å². The molecular formula is C19H27N3OS. The summed E-state index contributed by atoms with van der Waals surface area (Å²) in [7, 11) is 0. The Morgan fingerprint density at radius 3 is 2.62 bits per heavy atom. The standard InChI is InChI=1S/C19H27N3OS/c1-13(2)10-22(14(3)4)11-19(23)21-17-8-6-7-16(9-17)18-12-24-15(5)20-18/h6-9,12-14H,10-11H2,1-5H3,(H,21,23). The zero-order valence-corrected chi connectivity index (χ0v) is 16.0. The van der Waals surface area contributed by atoms with E-state index < -0.39 is 0 Å². The van der Waals surface area contributed by atoms with Crippen LogP contribution in [0.25, 0.3) is 11.3 Å². The summed E-state index contributed by atoms with van der Waals surface area (Å²) >= 11 is 1.63. The minimum atomic E-state index is 0.0240. The van der Waals surface area contributed by atoms with Crippen molar-refractivity contribution in [2.75, 3.05) is 18.4 Å². The van der Waals surface area contributed by atoms with Crippen LogP contribution in [0.3, 0.4) is 0 Å². The molecule has 1 heterocycles. The molecule has 1 N–H and O–H groups in total. The van der Waals surface area contributed by atoms with Crippen LogP contribution in [0.2, 0.25) is 0 Å². The average molecular weight is 346 g/mol. The second kappa shape index (κ2) is 8.40. The van der Waals surface area contributed by atoms with Gasteiger partial charge in [0.25, 0.3) is 0 Å². The molecule has 0 fully saturated rings. The van der Waals surface area contributed by atoms with Crippen LogP contribution in [0.5, 0.6) is 0 Å². The molecule has 0 atom stereocenters. The highest BCUT2D eigenvalue weighted by Gasteiger charge is 2.15. The predicted molar refractivity (Wildman–Crippen MR) is 102 cm³/mol. The van der Waals surface area contributed by atoms with E-state index in [9.17, 15) is 4.79 Å². The number of nitrogens with one attached hydrogen (secondary N) is 1. The van der Waals surface area contributed by atoms with Crippen molar-refractivity contribution in [1.29, 1.82) is 0 Å². The molecule has 0 radical (unpaired) electrons. The van der Waals surface area contributed by atoms with Crippen molar-refractivity contribution < 1.29 is 4.79 Å². The lowest BCUT2D eigenvalue weighted by atomic mass is 10.1. The number of carbonyl (C=O) groups excluding carboxylic acids is 1. The van der Waals surface area contributed by atoms with E-state index in [-0.39, 0.29) is 5.91 Å². The molecule has 0 unspecified atom stereocenters. The number of rotatable bonds is 7. The number of nitrogens with zero attached hydrogens (tertiary/aromatic N) is 2. The Balaban J connectivity index is 2.03. The zero-order valence-electron chi connectivity index (χ0n) is 15.2. The lowest BCUT2D eigenvalue weighted by Gasteiger charge is -2.27. The van der Waals surface area contributed by atoms with Gasteiger partial charge in [-0.1, -0.05) is 26.0 Å². The van der Waals surface area contributed by atoms with Gasteiger partial charge in [-0.2, -0.15) is 0 Å². The summed E-state index contributed by atoms with van der Waals surface area (Å²) in [5, 5.41) is 6.10. The molecule has 5 heteroatoms. The molecule has 24 heavy (non-hydrogen) atoms. The van der Waals surface area contributed by atoms with Gasteiger partial charge in [0.05, 0.1) is 17.2 Å². The Bertz CT molecular complexity index is 679. The van der Waals surface area contributed by atoms with Crippen LogP contribution in [0, 0.1) is 12.8 Å². The van der Waals surface area contributed by atoms with Gasteiger partial charge in [-0.3, -0.25) is 9.69 Å². The number of thiazole rings is 1. The van der Waals surface area contributed by atoms with Crippen molar-refractivity contribution in [3.05, 3.63) is 34.7 Å². The predicted octanol–water partition coefficient (Wildman–Crippen LogP) is 4.42. The molecule has 2 rings (SSSR count). The van der Waals surface area contributed by atoms with E-state index in [1.165, 1.54) is 0 Å². The van der Waals surface area contributed by atoms with Crippen LogP contribution in [-0.4, -0.2) is 34.9 Å². The summed E-state index contributed by atoms with van der Waals surface area (Å²) in [6.07, 6.45) is 0. The summed E-state index contributed by atoms with van der Waals surface area (Å²) in [4.78, 5) is 19.1. The number of anilines is 1. The zero-order chi connectivity index (χ0) is 17.7. The molecule has 1 aromatic carbocycles. The second-order valence-corrected chi connectivity index (χ2v) is 7.86. The highest BCUT2D eigenvalue weighted by molar-refractivity contribution is 7.09. The Morgan fingerprint density at radius 2 is 2.04 bits per heavy atom. The van der Waals surface area contributed by atoms with Gasteiger partial charge < -0.3 is 5.32 Å². The first-order valence-corrected chi connectivity index (χ1v) is 9.29. The third-order valence-electron chi connectivity index (χ3n) is 3.74. The number of aromatic nitrogens is 1. The molecule has 1 aromatic heterocycles. The molecule has 4 nitrogen and oxygen atoms in total. The number of carbonyl (C=O) groups is 1.